The van der Waals surface area contributed by atoms with E-state index < -0.39 is 5.97 Å². The van der Waals surface area contributed by atoms with Gasteiger partial charge in [0.25, 0.3) is 0 Å². The first-order valence-electron chi connectivity index (χ1n) is 5.51. The van der Waals surface area contributed by atoms with Gasteiger partial charge in [0.1, 0.15) is 11.9 Å². The molecule has 0 radical (unpaired) electrons. The van der Waals surface area contributed by atoms with Gasteiger partial charge in [0.05, 0.1) is 18.9 Å². The van der Waals surface area contributed by atoms with Crippen molar-refractivity contribution in [1.82, 2.24) is 9.97 Å². The summed E-state index contributed by atoms with van der Waals surface area (Å²) in [7, 11) is 0. The summed E-state index contributed by atoms with van der Waals surface area (Å²) in [5, 5.41) is 9.62. The van der Waals surface area contributed by atoms with Crippen molar-refractivity contribution >= 4 is 17.6 Å². The van der Waals surface area contributed by atoms with Crippen LogP contribution in [-0.4, -0.2) is 21.0 Å². The number of aromatic carboxylic acids is 1. The molecule has 2 rings (SSSR count). The summed E-state index contributed by atoms with van der Waals surface area (Å²) < 4.78 is 5.44. The zero-order valence-electron chi connectivity index (χ0n) is 9.91. The van der Waals surface area contributed by atoms with E-state index in [1.54, 1.807) is 12.1 Å². The molecule has 0 saturated carbocycles. The number of nitrogens with zero attached hydrogens (tertiary/aromatic N) is 2. The van der Waals surface area contributed by atoms with Gasteiger partial charge in [-0.1, -0.05) is 23.7 Å². The lowest BCUT2D eigenvalue weighted by molar-refractivity contribution is 0.0681. The molecule has 5 nitrogen and oxygen atoms in total. The predicted octanol–water partition coefficient (Wildman–Crippen LogP) is 2.55. The Kier molecular flexibility index (Phi) is 4.43. The SMILES string of the molecule is O=C(O)c1cncnc1COCc1ccc(Cl)cc1. The van der Waals surface area contributed by atoms with Crippen molar-refractivity contribution in [3.63, 3.8) is 0 Å². The summed E-state index contributed by atoms with van der Waals surface area (Å²) in [5.41, 5.74) is 1.37. The molecule has 0 unspecified atom stereocenters. The fourth-order valence-corrected chi connectivity index (χ4v) is 1.62. The van der Waals surface area contributed by atoms with E-state index in [1.165, 1.54) is 12.5 Å². The van der Waals surface area contributed by atoms with E-state index in [9.17, 15) is 4.79 Å². The van der Waals surface area contributed by atoms with Crippen LogP contribution >= 0.6 is 11.6 Å². The minimum absolute atomic E-state index is 0.0543. The van der Waals surface area contributed by atoms with Crippen LogP contribution < -0.4 is 0 Å². The lowest BCUT2D eigenvalue weighted by atomic mass is 10.2. The molecule has 1 aromatic heterocycles. The minimum atomic E-state index is -1.06. The van der Waals surface area contributed by atoms with Crippen molar-refractivity contribution in [2.24, 2.45) is 0 Å². The zero-order valence-corrected chi connectivity index (χ0v) is 10.7. The number of hydrogen-bond acceptors (Lipinski definition) is 4. The van der Waals surface area contributed by atoms with E-state index in [4.69, 9.17) is 21.4 Å². The van der Waals surface area contributed by atoms with E-state index in [1.807, 2.05) is 12.1 Å². The van der Waals surface area contributed by atoms with Gasteiger partial charge in [0, 0.05) is 11.2 Å². The molecule has 19 heavy (non-hydrogen) atoms. The maximum atomic E-state index is 10.9. The molecule has 0 aliphatic rings. The van der Waals surface area contributed by atoms with Crippen molar-refractivity contribution in [1.29, 1.82) is 0 Å². The highest BCUT2D eigenvalue weighted by atomic mass is 35.5. The quantitative estimate of drug-likeness (QED) is 0.910. The molecule has 0 fully saturated rings. The highest BCUT2D eigenvalue weighted by molar-refractivity contribution is 6.30. The Labute approximate surface area is 114 Å². The van der Waals surface area contributed by atoms with Gasteiger partial charge in [0.15, 0.2) is 0 Å². The topological polar surface area (TPSA) is 72.3 Å². The number of carbonyl (C=O) groups is 1. The van der Waals surface area contributed by atoms with Crippen molar-refractivity contribution < 1.29 is 14.6 Å². The standard InChI is InChI=1S/C13H11ClN2O3/c14-10-3-1-9(2-4-10)6-19-7-12-11(13(17)18)5-15-8-16-12/h1-5,8H,6-7H2,(H,17,18). The third kappa shape index (κ3) is 3.74. The molecule has 0 atom stereocenters. The minimum Gasteiger partial charge on any atom is -0.478 e. The number of aromatic nitrogens is 2. The third-order valence-corrected chi connectivity index (χ3v) is 2.70. The predicted molar refractivity (Wildman–Crippen MR) is 68.9 cm³/mol. The van der Waals surface area contributed by atoms with E-state index in [-0.39, 0.29) is 12.2 Å². The number of carboxylic acids is 1. The molecule has 1 N–H and O–H groups in total. The summed E-state index contributed by atoms with van der Waals surface area (Å²) in [6.07, 6.45) is 2.56. The average molecular weight is 279 g/mol. The molecule has 0 aliphatic heterocycles. The van der Waals surface area contributed by atoms with Crippen LogP contribution in [0.2, 0.25) is 5.02 Å². The largest absolute Gasteiger partial charge is 0.478 e. The fourth-order valence-electron chi connectivity index (χ4n) is 1.49. The Morgan fingerprint density at radius 1 is 1.26 bits per heavy atom. The molecule has 2 aromatic rings. The fraction of sp³-hybridized carbons (Fsp3) is 0.154. The second kappa shape index (κ2) is 6.26. The highest BCUT2D eigenvalue weighted by Crippen LogP contribution is 2.11. The first-order chi connectivity index (χ1) is 9.16. The smallest absolute Gasteiger partial charge is 0.339 e. The van der Waals surface area contributed by atoms with Crippen LogP contribution in [0.5, 0.6) is 0 Å². The van der Waals surface area contributed by atoms with E-state index in [0.29, 0.717) is 17.3 Å². The Morgan fingerprint density at radius 2 is 2.00 bits per heavy atom. The maximum absolute atomic E-state index is 10.9. The Morgan fingerprint density at radius 3 is 2.68 bits per heavy atom. The summed E-state index contributed by atoms with van der Waals surface area (Å²) >= 11 is 5.77. The normalized spacial score (nSPS) is 10.4. The summed E-state index contributed by atoms with van der Waals surface area (Å²) in [5.74, 6) is -1.06. The highest BCUT2D eigenvalue weighted by Gasteiger charge is 2.11. The van der Waals surface area contributed by atoms with Crippen LogP contribution in [0.3, 0.4) is 0 Å². The van der Waals surface area contributed by atoms with Gasteiger partial charge in [-0.2, -0.15) is 0 Å². The van der Waals surface area contributed by atoms with Gasteiger partial charge in [-0.05, 0) is 17.7 Å². The third-order valence-electron chi connectivity index (χ3n) is 2.45. The van der Waals surface area contributed by atoms with E-state index >= 15 is 0 Å². The van der Waals surface area contributed by atoms with Crippen LogP contribution in [0.25, 0.3) is 0 Å². The average Bonchev–Trinajstić information content (AvgIpc) is 2.41. The Bertz CT molecular complexity index is 572. The molecule has 0 spiro atoms. The second-order valence-electron chi connectivity index (χ2n) is 3.81. The molecule has 6 heteroatoms. The zero-order chi connectivity index (χ0) is 13.7. The van der Waals surface area contributed by atoms with Crippen molar-refractivity contribution in [3.05, 3.63) is 58.6 Å². The summed E-state index contributed by atoms with van der Waals surface area (Å²) in [6, 6.07) is 7.24. The lowest BCUT2D eigenvalue weighted by Crippen LogP contribution is -2.07. The number of rotatable bonds is 5. The molecule has 0 amide bonds. The lowest BCUT2D eigenvalue weighted by Gasteiger charge is -2.06. The molecule has 0 bridgehead atoms. The van der Waals surface area contributed by atoms with Gasteiger partial charge < -0.3 is 9.84 Å². The van der Waals surface area contributed by atoms with E-state index in [0.717, 1.165) is 5.56 Å². The van der Waals surface area contributed by atoms with Crippen LogP contribution in [-0.2, 0) is 18.0 Å². The van der Waals surface area contributed by atoms with Gasteiger partial charge >= 0.3 is 5.97 Å². The molecule has 0 saturated heterocycles. The Hall–Kier alpha value is -1.98. The summed E-state index contributed by atoms with van der Waals surface area (Å²) in [4.78, 5) is 18.5. The van der Waals surface area contributed by atoms with Gasteiger partial charge in [-0.3, -0.25) is 0 Å². The number of hydrogen-bond donors (Lipinski definition) is 1. The first kappa shape index (κ1) is 13.5. The van der Waals surface area contributed by atoms with Crippen molar-refractivity contribution in [2.45, 2.75) is 13.2 Å². The van der Waals surface area contributed by atoms with Crippen LogP contribution in [0, 0.1) is 0 Å². The number of ether oxygens (including phenoxy) is 1. The van der Waals surface area contributed by atoms with Crippen LogP contribution in [0.4, 0.5) is 0 Å². The second-order valence-corrected chi connectivity index (χ2v) is 4.24. The van der Waals surface area contributed by atoms with Crippen LogP contribution in [0.1, 0.15) is 21.6 Å². The molecular formula is C13H11ClN2O3. The Balaban J connectivity index is 1.96. The molecular weight excluding hydrogens is 268 g/mol. The molecule has 1 heterocycles. The monoisotopic (exact) mass is 278 g/mol. The maximum Gasteiger partial charge on any atom is 0.339 e. The van der Waals surface area contributed by atoms with Crippen LogP contribution in [0.15, 0.2) is 36.8 Å². The summed E-state index contributed by atoms with van der Waals surface area (Å²) in [6.45, 7) is 0.479. The van der Waals surface area contributed by atoms with Gasteiger partial charge in [-0.25, -0.2) is 14.8 Å². The number of benzene rings is 1. The molecule has 98 valence electrons. The molecule has 0 aliphatic carbocycles. The van der Waals surface area contributed by atoms with Crippen molar-refractivity contribution in [3.8, 4) is 0 Å². The number of carboxylic acid groups (broad SMARTS) is 1. The van der Waals surface area contributed by atoms with Gasteiger partial charge in [-0.15, -0.1) is 0 Å². The van der Waals surface area contributed by atoms with E-state index in [2.05, 4.69) is 9.97 Å². The van der Waals surface area contributed by atoms with Crippen molar-refractivity contribution in [2.75, 3.05) is 0 Å². The first-order valence-corrected chi connectivity index (χ1v) is 5.89. The number of halogens is 1. The van der Waals surface area contributed by atoms with Gasteiger partial charge in [0.2, 0.25) is 0 Å². The molecule has 1 aromatic carbocycles.